The Morgan fingerprint density at radius 2 is 1.34 bits per heavy atom. The van der Waals surface area contributed by atoms with E-state index in [-0.39, 0.29) is 0 Å². The van der Waals surface area contributed by atoms with Crippen LogP contribution in [-0.2, 0) is 47.7 Å². The topological polar surface area (TPSA) is 144 Å². The predicted molar refractivity (Wildman–Crippen MR) is 109 cm³/mol. The lowest BCUT2D eigenvalue weighted by Crippen LogP contribution is -2.52. The summed E-state index contributed by atoms with van der Waals surface area (Å²) in [5.41, 5.74) is -1.26. The number of hydrogen-bond donors (Lipinski definition) is 0. The van der Waals surface area contributed by atoms with Crippen molar-refractivity contribution < 1.29 is 47.7 Å². The van der Waals surface area contributed by atoms with Gasteiger partial charge in [-0.05, 0) is 12.1 Å². The number of pyridine rings is 1. The van der Waals surface area contributed by atoms with Crippen LogP contribution < -0.4 is 0 Å². The van der Waals surface area contributed by atoms with Crippen LogP contribution in [-0.4, -0.2) is 65.2 Å². The standard InChI is InChI=1S/C20H25NO10S/c1-11(22)27-10-16(28-12(2)23)18(29-13(3)24)19(30-14(4)25)20(31-15(5)26)32-17-8-6-7-9-21-17/h6-9,16,18-20H,10H2,1-5H3/t16-,18-,19+,20?/m1/s1. The fourth-order valence-corrected chi connectivity index (χ4v) is 3.53. The van der Waals surface area contributed by atoms with Crippen LogP contribution in [0, 0.1) is 0 Å². The van der Waals surface area contributed by atoms with E-state index in [9.17, 15) is 24.0 Å². The van der Waals surface area contributed by atoms with Crippen LogP contribution >= 0.6 is 11.8 Å². The number of nitrogens with zero attached hydrogens (tertiary/aromatic N) is 1. The molecular weight excluding hydrogens is 446 g/mol. The van der Waals surface area contributed by atoms with E-state index in [2.05, 4.69) is 4.98 Å². The third kappa shape index (κ3) is 10.2. The molecule has 0 fully saturated rings. The van der Waals surface area contributed by atoms with Crippen LogP contribution in [0.15, 0.2) is 29.4 Å². The van der Waals surface area contributed by atoms with E-state index >= 15 is 0 Å². The molecule has 0 amide bonds. The van der Waals surface area contributed by atoms with Crippen molar-refractivity contribution in [3.8, 4) is 0 Å². The molecule has 11 nitrogen and oxygen atoms in total. The van der Waals surface area contributed by atoms with Crippen LogP contribution in [0.1, 0.15) is 34.6 Å². The molecule has 1 unspecified atom stereocenters. The molecule has 32 heavy (non-hydrogen) atoms. The third-order valence-corrected chi connectivity index (χ3v) is 4.57. The number of hydrogen-bond acceptors (Lipinski definition) is 12. The Morgan fingerprint density at radius 3 is 1.81 bits per heavy atom. The second kappa shape index (κ2) is 13.3. The lowest BCUT2D eigenvalue weighted by Gasteiger charge is -2.34. The Kier molecular flexibility index (Phi) is 11.2. The highest BCUT2D eigenvalue weighted by Gasteiger charge is 2.44. The van der Waals surface area contributed by atoms with E-state index in [4.69, 9.17) is 23.7 Å². The van der Waals surface area contributed by atoms with Crippen molar-refractivity contribution in [2.45, 2.75) is 63.4 Å². The van der Waals surface area contributed by atoms with Crippen molar-refractivity contribution in [1.29, 1.82) is 0 Å². The number of esters is 5. The molecule has 1 aromatic heterocycles. The van der Waals surface area contributed by atoms with Gasteiger partial charge in [0, 0.05) is 40.8 Å². The second-order valence-electron chi connectivity index (χ2n) is 6.36. The lowest BCUT2D eigenvalue weighted by atomic mass is 10.1. The summed E-state index contributed by atoms with van der Waals surface area (Å²) >= 11 is 0.912. The van der Waals surface area contributed by atoms with Gasteiger partial charge in [-0.25, -0.2) is 4.98 Å². The number of carbonyl (C=O) groups excluding carboxylic acids is 5. The molecule has 0 saturated carbocycles. The van der Waals surface area contributed by atoms with E-state index in [1.807, 2.05) is 0 Å². The molecule has 0 radical (unpaired) electrons. The number of ether oxygens (including phenoxy) is 5. The maximum atomic E-state index is 11.9. The normalized spacial score (nSPS) is 14.2. The second-order valence-corrected chi connectivity index (χ2v) is 7.48. The first-order chi connectivity index (χ1) is 15.0. The molecule has 12 heteroatoms. The number of thioether (sulfide) groups is 1. The lowest BCUT2D eigenvalue weighted by molar-refractivity contribution is -0.196. The van der Waals surface area contributed by atoms with Gasteiger partial charge in [-0.15, -0.1) is 0 Å². The van der Waals surface area contributed by atoms with E-state index in [0.29, 0.717) is 5.03 Å². The fourth-order valence-electron chi connectivity index (χ4n) is 2.48. The van der Waals surface area contributed by atoms with Gasteiger partial charge in [0.15, 0.2) is 23.7 Å². The third-order valence-electron chi connectivity index (χ3n) is 3.49. The molecule has 0 saturated heterocycles. The number of rotatable bonds is 11. The molecule has 4 atom stereocenters. The summed E-state index contributed by atoms with van der Waals surface area (Å²) in [4.78, 5) is 62.6. The van der Waals surface area contributed by atoms with E-state index in [1.54, 1.807) is 18.2 Å². The predicted octanol–water partition coefficient (Wildman–Crippen LogP) is 1.42. The van der Waals surface area contributed by atoms with Gasteiger partial charge in [-0.1, -0.05) is 17.8 Å². The zero-order chi connectivity index (χ0) is 24.3. The molecular formula is C20H25NO10S. The molecule has 0 aliphatic rings. The minimum atomic E-state index is -1.49. The summed E-state index contributed by atoms with van der Waals surface area (Å²) in [6.07, 6.45) is -2.81. The monoisotopic (exact) mass is 471 g/mol. The Hall–Kier alpha value is -3.15. The molecule has 176 valence electrons. The van der Waals surface area contributed by atoms with Crippen LogP contribution in [0.25, 0.3) is 0 Å². The maximum Gasteiger partial charge on any atom is 0.303 e. The maximum absolute atomic E-state index is 11.9. The molecule has 1 rings (SSSR count). The number of aromatic nitrogens is 1. The van der Waals surface area contributed by atoms with Gasteiger partial charge in [-0.2, -0.15) is 0 Å². The van der Waals surface area contributed by atoms with Crippen molar-refractivity contribution >= 4 is 41.6 Å². The van der Waals surface area contributed by atoms with Crippen LogP contribution in [0.5, 0.6) is 0 Å². The zero-order valence-electron chi connectivity index (χ0n) is 18.3. The smallest absolute Gasteiger partial charge is 0.303 e. The largest absolute Gasteiger partial charge is 0.462 e. The van der Waals surface area contributed by atoms with Crippen molar-refractivity contribution in [3.05, 3.63) is 24.4 Å². The summed E-state index contributed by atoms with van der Waals surface area (Å²) in [5.74, 6) is -3.79. The minimum Gasteiger partial charge on any atom is -0.462 e. The van der Waals surface area contributed by atoms with Gasteiger partial charge in [0.1, 0.15) is 6.61 Å². The van der Waals surface area contributed by atoms with Crippen molar-refractivity contribution in [2.24, 2.45) is 0 Å². The average molecular weight is 471 g/mol. The Bertz CT molecular complexity index is 816. The van der Waals surface area contributed by atoms with Gasteiger partial charge >= 0.3 is 29.8 Å². The zero-order valence-corrected chi connectivity index (χ0v) is 19.1. The Balaban J connectivity index is 3.45. The fraction of sp³-hybridized carbons (Fsp3) is 0.500. The van der Waals surface area contributed by atoms with E-state index in [0.717, 1.165) is 46.4 Å². The Labute approximate surface area is 189 Å². The van der Waals surface area contributed by atoms with Gasteiger partial charge in [-0.3, -0.25) is 24.0 Å². The summed E-state index contributed by atoms with van der Waals surface area (Å²) < 4.78 is 26.1. The summed E-state index contributed by atoms with van der Waals surface area (Å²) in [6, 6.07) is 4.98. The van der Waals surface area contributed by atoms with Gasteiger partial charge in [0.25, 0.3) is 0 Å². The molecule has 0 aliphatic carbocycles. The molecule has 0 bridgehead atoms. The Morgan fingerprint density at radius 1 is 0.781 bits per heavy atom. The SMILES string of the molecule is CC(=O)OC[C@@H](OC(C)=O)[C@@H](OC(C)=O)[C@H](OC(C)=O)C(OC(C)=O)Sc1ccccn1. The average Bonchev–Trinajstić information content (AvgIpc) is 2.67. The van der Waals surface area contributed by atoms with Crippen molar-refractivity contribution in [2.75, 3.05) is 6.61 Å². The molecule has 0 aliphatic heterocycles. The van der Waals surface area contributed by atoms with Crippen LogP contribution in [0.3, 0.4) is 0 Å². The molecule has 0 aromatic carbocycles. The first-order valence-corrected chi connectivity index (χ1v) is 10.3. The highest BCUT2D eigenvalue weighted by Crippen LogP contribution is 2.30. The summed E-state index contributed by atoms with van der Waals surface area (Å²) in [7, 11) is 0. The highest BCUT2D eigenvalue weighted by atomic mass is 32.2. The van der Waals surface area contributed by atoms with Crippen LogP contribution in [0.4, 0.5) is 0 Å². The van der Waals surface area contributed by atoms with E-state index < -0.39 is 60.2 Å². The van der Waals surface area contributed by atoms with Crippen LogP contribution in [0.2, 0.25) is 0 Å². The number of carbonyl (C=O) groups is 5. The van der Waals surface area contributed by atoms with Crippen molar-refractivity contribution in [3.63, 3.8) is 0 Å². The molecule has 0 N–H and O–H groups in total. The highest BCUT2D eigenvalue weighted by molar-refractivity contribution is 7.99. The quantitative estimate of drug-likeness (QED) is 0.199. The molecule has 1 heterocycles. The van der Waals surface area contributed by atoms with E-state index in [1.165, 1.54) is 6.20 Å². The minimum absolute atomic E-state index is 0.404. The summed E-state index contributed by atoms with van der Waals surface area (Å²) in [5, 5.41) is 0.404. The molecule has 1 aromatic rings. The van der Waals surface area contributed by atoms with Gasteiger partial charge in [0.2, 0.25) is 0 Å². The van der Waals surface area contributed by atoms with Gasteiger partial charge in [0.05, 0.1) is 5.03 Å². The van der Waals surface area contributed by atoms with Crippen molar-refractivity contribution in [1.82, 2.24) is 4.98 Å². The summed E-state index contributed by atoms with van der Waals surface area (Å²) in [6.45, 7) is 5.04. The first kappa shape index (κ1) is 26.9. The first-order valence-electron chi connectivity index (χ1n) is 9.39. The molecule has 0 spiro atoms. The van der Waals surface area contributed by atoms with Gasteiger partial charge < -0.3 is 23.7 Å².